The summed E-state index contributed by atoms with van der Waals surface area (Å²) in [5.41, 5.74) is 3.01. The van der Waals surface area contributed by atoms with Crippen molar-refractivity contribution < 1.29 is 9.21 Å². The molecule has 1 aliphatic carbocycles. The number of amides is 1. The van der Waals surface area contributed by atoms with E-state index in [1.807, 2.05) is 0 Å². The SMILES string of the molecule is O=C(N/N=C/c1coc2ccc(Cl)cc2c1=O)C1CCCCC1. The van der Waals surface area contributed by atoms with Crippen LogP contribution in [0.2, 0.25) is 5.02 Å². The van der Waals surface area contributed by atoms with Crippen LogP contribution in [-0.2, 0) is 4.79 Å². The lowest BCUT2D eigenvalue weighted by molar-refractivity contribution is -0.125. The predicted octanol–water partition coefficient (Wildman–Crippen LogP) is 3.48. The third-order valence-corrected chi connectivity index (χ3v) is 4.35. The standard InChI is InChI=1S/C17H17ClN2O3/c18-13-6-7-15-14(8-13)16(21)12(10-23-15)9-19-20-17(22)11-4-2-1-3-5-11/h6-11H,1-5H2,(H,20,22)/b19-9+. The van der Waals surface area contributed by atoms with Gasteiger partial charge in [-0.05, 0) is 31.0 Å². The van der Waals surface area contributed by atoms with Crippen molar-refractivity contribution in [1.82, 2.24) is 5.43 Å². The molecule has 0 radical (unpaired) electrons. The van der Waals surface area contributed by atoms with Gasteiger partial charge in [-0.1, -0.05) is 30.9 Å². The minimum atomic E-state index is -0.232. The van der Waals surface area contributed by atoms with Crippen molar-refractivity contribution in [2.24, 2.45) is 11.0 Å². The number of carbonyl (C=O) groups excluding carboxylic acids is 1. The Kier molecular flexibility index (Phi) is 4.76. The minimum absolute atomic E-state index is 0.0210. The highest BCUT2D eigenvalue weighted by Gasteiger charge is 2.20. The Balaban J connectivity index is 1.74. The van der Waals surface area contributed by atoms with Crippen LogP contribution in [0.1, 0.15) is 37.7 Å². The predicted molar refractivity (Wildman–Crippen MR) is 89.8 cm³/mol. The molecule has 0 unspecified atom stereocenters. The summed E-state index contributed by atoms with van der Waals surface area (Å²) < 4.78 is 5.39. The number of hydrazone groups is 1. The Hall–Kier alpha value is -2.14. The number of halogens is 1. The van der Waals surface area contributed by atoms with E-state index in [1.54, 1.807) is 18.2 Å². The van der Waals surface area contributed by atoms with Crippen molar-refractivity contribution in [3.8, 4) is 0 Å². The fraction of sp³-hybridized carbons (Fsp3) is 0.353. The summed E-state index contributed by atoms with van der Waals surface area (Å²) in [7, 11) is 0. The second-order valence-corrected chi connectivity index (χ2v) is 6.17. The molecule has 120 valence electrons. The smallest absolute Gasteiger partial charge is 0.243 e. The molecule has 1 N–H and O–H groups in total. The van der Waals surface area contributed by atoms with Gasteiger partial charge in [0.25, 0.3) is 0 Å². The van der Waals surface area contributed by atoms with Crippen molar-refractivity contribution in [3.63, 3.8) is 0 Å². The maximum atomic E-state index is 12.3. The van der Waals surface area contributed by atoms with E-state index in [0.29, 0.717) is 16.0 Å². The molecule has 1 aromatic heterocycles. The molecule has 0 spiro atoms. The largest absolute Gasteiger partial charge is 0.463 e. The molecular weight excluding hydrogens is 316 g/mol. The maximum Gasteiger partial charge on any atom is 0.243 e. The number of fused-ring (bicyclic) bond motifs is 1. The molecule has 23 heavy (non-hydrogen) atoms. The van der Waals surface area contributed by atoms with Crippen LogP contribution >= 0.6 is 11.6 Å². The molecule has 0 bridgehead atoms. The molecule has 1 fully saturated rings. The van der Waals surface area contributed by atoms with Crippen LogP contribution < -0.4 is 10.9 Å². The zero-order valence-electron chi connectivity index (χ0n) is 12.5. The fourth-order valence-electron chi connectivity index (χ4n) is 2.83. The first-order chi connectivity index (χ1) is 11.1. The van der Waals surface area contributed by atoms with Crippen LogP contribution in [0.5, 0.6) is 0 Å². The van der Waals surface area contributed by atoms with Crippen molar-refractivity contribution >= 4 is 34.7 Å². The van der Waals surface area contributed by atoms with E-state index >= 15 is 0 Å². The van der Waals surface area contributed by atoms with E-state index in [1.165, 1.54) is 18.9 Å². The summed E-state index contributed by atoms with van der Waals surface area (Å²) in [5, 5.41) is 4.74. The molecule has 1 aliphatic rings. The van der Waals surface area contributed by atoms with Crippen LogP contribution in [0.4, 0.5) is 0 Å². The summed E-state index contributed by atoms with van der Waals surface area (Å²) in [6.45, 7) is 0. The number of benzene rings is 1. The van der Waals surface area contributed by atoms with E-state index in [2.05, 4.69) is 10.5 Å². The zero-order chi connectivity index (χ0) is 16.2. The minimum Gasteiger partial charge on any atom is -0.463 e. The second-order valence-electron chi connectivity index (χ2n) is 5.73. The Morgan fingerprint density at radius 2 is 2.09 bits per heavy atom. The van der Waals surface area contributed by atoms with Crippen LogP contribution in [0.15, 0.2) is 38.8 Å². The first-order valence-electron chi connectivity index (χ1n) is 7.69. The van der Waals surface area contributed by atoms with Gasteiger partial charge in [-0.25, -0.2) is 5.43 Å². The molecule has 1 saturated carbocycles. The Morgan fingerprint density at radius 3 is 2.87 bits per heavy atom. The van der Waals surface area contributed by atoms with Crippen molar-refractivity contribution in [2.75, 3.05) is 0 Å². The molecule has 6 heteroatoms. The maximum absolute atomic E-state index is 12.3. The van der Waals surface area contributed by atoms with Crippen LogP contribution in [0.25, 0.3) is 11.0 Å². The lowest BCUT2D eigenvalue weighted by Gasteiger charge is -2.19. The van der Waals surface area contributed by atoms with Gasteiger partial charge in [-0.3, -0.25) is 9.59 Å². The Morgan fingerprint density at radius 1 is 1.30 bits per heavy atom. The molecule has 2 aromatic rings. The molecule has 0 aliphatic heterocycles. The van der Waals surface area contributed by atoms with Crippen molar-refractivity contribution in [3.05, 3.63) is 45.3 Å². The lowest BCUT2D eigenvalue weighted by Crippen LogP contribution is -2.28. The van der Waals surface area contributed by atoms with Gasteiger partial charge in [0.05, 0.1) is 17.2 Å². The fourth-order valence-corrected chi connectivity index (χ4v) is 3.00. The van der Waals surface area contributed by atoms with Gasteiger partial charge < -0.3 is 4.42 Å². The van der Waals surface area contributed by atoms with Gasteiger partial charge >= 0.3 is 0 Å². The highest BCUT2D eigenvalue weighted by atomic mass is 35.5. The van der Waals surface area contributed by atoms with Gasteiger partial charge in [0, 0.05) is 10.9 Å². The summed E-state index contributed by atoms with van der Waals surface area (Å²) in [6, 6.07) is 4.86. The van der Waals surface area contributed by atoms with Crippen LogP contribution in [-0.4, -0.2) is 12.1 Å². The number of rotatable bonds is 3. The molecule has 0 atom stereocenters. The van der Waals surface area contributed by atoms with E-state index in [9.17, 15) is 9.59 Å². The average Bonchev–Trinajstić information content (AvgIpc) is 2.58. The van der Waals surface area contributed by atoms with Crippen molar-refractivity contribution in [2.45, 2.75) is 32.1 Å². The lowest BCUT2D eigenvalue weighted by atomic mass is 9.89. The molecule has 1 amide bonds. The number of carbonyl (C=O) groups is 1. The number of nitrogens with one attached hydrogen (secondary N) is 1. The third kappa shape index (κ3) is 3.62. The van der Waals surface area contributed by atoms with E-state index in [0.717, 1.165) is 25.7 Å². The molecule has 3 rings (SSSR count). The number of hydrogen-bond donors (Lipinski definition) is 1. The summed E-state index contributed by atoms with van der Waals surface area (Å²) in [5.74, 6) is -0.0677. The van der Waals surface area contributed by atoms with E-state index in [-0.39, 0.29) is 22.8 Å². The van der Waals surface area contributed by atoms with Gasteiger partial charge in [0.15, 0.2) is 0 Å². The van der Waals surface area contributed by atoms with Gasteiger partial charge in [-0.2, -0.15) is 5.10 Å². The zero-order valence-corrected chi connectivity index (χ0v) is 13.3. The van der Waals surface area contributed by atoms with Crippen LogP contribution in [0.3, 0.4) is 0 Å². The molecule has 5 nitrogen and oxygen atoms in total. The van der Waals surface area contributed by atoms with Gasteiger partial charge in [0.2, 0.25) is 11.3 Å². The first kappa shape index (κ1) is 15.7. The average molecular weight is 333 g/mol. The normalized spacial score (nSPS) is 16.0. The quantitative estimate of drug-likeness (QED) is 0.691. The highest BCUT2D eigenvalue weighted by Crippen LogP contribution is 2.23. The summed E-state index contributed by atoms with van der Waals surface area (Å²) >= 11 is 5.90. The topological polar surface area (TPSA) is 71.7 Å². The summed E-state index contributed by atoms with van der Waals surface area (Å²) in [4.78, 5) is 24.3. The molecule has 1 aromatic carbocycles. The first-order valence-corrected chi connectivity index (χ1v) is 8.07. The van der Waals surface area contributed by atoms with E-state index in [4.69, 9.17) is 16.0 Å². The third-order valence-electron chi connectivity index (χ3n) is 4.12. The molecular formula is C17H17ClN2O3. The molecule has 1 heterocycles. The van der Waals surface area contributed by atoms with Crippen molar-refractivity contribution in [1.29, 1.82) is 0 Å². The van der Waals surface area contributed by atoms with E-state index < -0.39 is 0 Å². The Labute approximate surface area is 138 Å². The van der Waals surface area contributed by atoms with Gasteiger partial charge in [-0.15, -0.1) is 0 Å². The second kappa shape index (κ2) is 6.96. The molecule has 0 saturated heterocycles. The monoisotopic (exact) mass is 332 g/mol. The van der Waals surface area contributed by atoms with Gasteiger partial charge in [0.1, 0.15) is 11.8 Å². The number of hydrogen-bond acceptors (Lipinski definition) is 4. The highest BCUT2D eigenvalue weighted by molar-refractivity contribution is 6.31. The Bertz CT molecular complexity index is 807. The van der Waals surface area contributed by atoms with Crippen LogP contribution in [0, 0.1) is 5.92 Å². The summed E-state index contributed by atoms with van der Waals surface area (Å²) in [6.07, 6.45) is 7.79. The number of nitrogens with zero attached hydrogens (tertiary/aromatic N) is 1.